The van der Waals surface area contributed by atoms with Crippen molar-refractivity contribution in [3.63, 3.8) is 0 Å². The van der Waals surface area contributed by atoms with Crippen LogP contribution in [-0.2, 0) is 4.74 Å². The number of fused-ring (bicyclic) bond motifs is 1. The number of methoxy groups -OCH3 is 1. The number of hydrogen-bond acceptors (Lipinski definition) is 5. The molecule has 1 fully saturated rings. The maximum atomic E-state index is 5.13. The number of nitrogens with zero attached hydrogens (tertiary/aromatic N) is 4. The van der Waals surface area contributed by atoms with Crippen molar-refractivity contribution in [1.82, 2.24) is 14.9 Å². The van der Waals surface area contributed by atoms with Gasteiger partial charge in [0.25, 0.3) is 0 Å². The van der Waals surface area contributed by atoms with E-state index in [1.165, 1.54) is 0 Å². The first-order valence-corrected chi connectivity index (χ1v) is 7.05. The van der Waals surface area contributed by atoms with Gasteiger partial charge in [-0.2, -0.15) is 0 Å². The first kappa shape index (κ1) is 13.3. The van der Waals surface area contributed by atoms with Gasteiger partial charge in [-0.05, 0) is 12.1 Å². The van der Waals surface area contributed by atoms with Crippen LogP contribution < -0.4 is 4.90 Å². The predicted octanol–water partition coefficient (Wildman–Crippen LogP) is 1.40. The zero-order chi connectivity index (χ0) is 13.8. The second-order valence-corrected chi connectivity index (χ2v) is 5.04. The summed E-state index contributed by atoms with van der Waals surface area (Å²) in [6.45, 7) is 5.91. The van der Waals surface area contributed by atoms with Gasteiger partial charge in [0, 0.05) is 39.8 Å². The molecule has 0 spiro atoms. The van der Waals surface area contributed by atoms with Crippen LogP contribution in [0.5, 0.6) is 0 Å². The van der Waals surface area contributed by atoms with E-state index >= 15 is 0 Å². The van der Waals surface area contributed by atoms with Crippen LogP contribution >= 0.6 is 0 Å². The molecule has 106 valence electrons. The van der Waals surface area contributed by atoms with Crippen LogP contribution in [0.25, 0.3) is 11.0 Å². The summed E-state index contributed by atoms with van der Waals surface area (Å²) < 4.78 is 5.13. The Morgan fingerprint density at radius 3 is 2.60 bits per heavy atom. The average Bonchev–Trinajstić information content (AvgIpc) is 2.53. The van der Waals surface area contributed by atoms with Crippen LogP contribution in [0.1, 0.15) is 0 Å². The van der Waals surface area contributed by atoms with Crippen LogP contribution in [0.3, 0.4) is 0 Å². The molecule has 0 saturated carbocycles. The summed E-state index contributed by atoms with van der Waals surface area (Å²) >= 11 is 0. The van der Waals surface area contributed by atoms with Gasteiger partial charge in [-0.3, -0.25) is 9.88 Å². The van der Waals surface area contributed by atoms with E-state index in [9.17, 15) is 0 Å². The SMILES string of the molecule is COCCN1CCN(c2cnc3ccccc3n2)CC1. The van der Waals surface area contributed by atoms with E-state index in [1.807, 2.05) is 30.5 Å². The lowest BCUT2D eigenvalue weighted by Gasteiger charge is -2.35. The molecule has 0 aliphatic carbocycles. The van der Waals surface area contributed by atoms with E-state index in [-0.39, 0.29) is 0 Å². The van der Waals surface area contributed by atoms with E-state index in [4.69, 9.17) is 9.72 Å². The summed E-state index contributed by atoms with van der Waals surface area (Å²) in [6.07, 6.45) is 1.88. The number of para-hydroxylation sites is 2. The lowest BCUT2D eigenvalue weighted by atomic mass is 10.3. The van der Waals surface area contributed by atoms with Crippen molar-refractivity contribution >= 4 is 16.9 Å². The first-order valence-electron chi connectivity index (χ1n) is 7.05. The summed E-state index contributed by atoms with van der Waals surface area (Å²) in [4.78, 5) is 13.9. The number of aromatic nitrogens is 2. The number of piperazine rings is 1. The molecular weight excluding hydrogens is 252 g/mol. The van der Waals surface area contributed by atoms with Crippen molar-refractivity contribution in [2.75, 3.05) is 51.3 Å². The van der Waals surface area contributed by atoms with E-state index in [2.05, 4.69) is 14.8 Å². The quantitative estimate of drug-likeness (QED) is 0.841. The highest BCUT2D eigenvalue weighted by atomic mass is 16.5. The van der Waals surface area contributed by atoms with Crippen molar-refractivity contribution in [3.8, 4) is 0 Å². The fourth-order valence-electron chi connectivity index (χ4n) is 2.52. The molecule has 0 amide bonds. The van der Waals surface area contributed by atoms with Crippen molar-refractivity contribution in [1.29, 1.82) is 0 Å². The fourth-order valence-corrected chi connectivity index (χ4v) is 2.52. The van der Waals surface area contributed by atoms with Gasteiger partial charge in [-0.1, -0.05) is 12.1 Å². The Kier molecular flexibility index (Phi) is 4.08. The topological polar surface area (TPSA) is 41.5 Å². The smallest absolute Gasteiger partial charge is 0.147 e. The summed E-state index contributed by atoms with van der Waals surface area (Å²) in [5.74, 6) is 0.982. The predicted molar refractivity (Wildman–Crippen MR) is 80.1 cm³/mol. The monoisotopic (exact) mass is 272 g/mol. The van der Waals surface area contributed by atoms with Crippen LogP contribution in [0, 0.1) is 0 Å². The van der Waals surface area contributed by atoms with E-state index < -0.39 is 0 Å². The summed E-state index contributed by atoms with van der Waals surface area (Å²) in [5.41, 5.74) is 1.92. The molecule has 1 saturated heterocycles. The normalized spacial score (nSPS) is 16.8. The summed E-state index contributed by atoms with van der Waals surface area (Å²) in [5, 5.41) is 0. The molecule has 0 N–H and O–H groups in total. The molecule has 1 aliphatic rings. The molecule has 5 heteroatoms. The number of anilines is 1. The van der Waals surface area contributed by atoms with Gasteiger partial charge in [0.1, 0.15) is 5.82 Å². The maximum absolute atomic E-state index is 5.13. The van der Waals surface area contributed by atoms with Gasteiger partial charge in [-0.25, -0.2) is 4.98 Å². The van der Waals surface area contributed by atoms with E-state index in [0.717, 1.165) is 56.2 Å². The van der Waals surface area contributed by atoms with Gasteiger partial charge in [0.2, 0.25) is 0 Å². The molecule has 3 rings (SSSR count). The van der Waals surface area contributed by atoms with Crippen molar-refractivity contribution in [2.45, 2.75) is 0 Å². The Hall–Kier alpha value is -1.72. The molecule has 20 heavy (non-hydrogen) atoms. The second kappa shape index (κ2) is 6.15. The number of hydrogen-bond donors (Lipinski definition) is 0. The van der Waals surface area contributed by atoms with Crippen molar-refractivity contribution in [3.05, 3.63) is 30.5 Å². The highest BCUT2D eigenvalue weighted by Gasteiger charge is 2.18. The van der Waals surface area contributed by atoms with Crippen molar-refractivity contribution < 1.29 is 4.74 Å². The minimum absolute atomic E-state index is 0.801. The third-order valence-corrected chi connectivity index (χ3v) is 3.74. The molecule has 0 radical (unpaired) electrons. The molecule has 2 heterocycles. The van der Waals surface area contributed by atoms with Gasteiger partial charge >= 0.3 is 0 Å². The van der Waals surface area contributed by atoms with Crippen LogP contribution in [-0.4, -0.2) is 61.3 Å². The molecule has 2 aromatic rings. The van der Waals surface area contributed by atoms with Crippen LogP contribution in [0.4, 0.5) is 5.82 Å². The van der Waals surface area contributed by atoms with Crippen molar-refractivity contribution in [2.24, 2.45) is 0 Å². The summed E-state index contributed by atoms with van der Waals surface area (Å²) in [7, 11) is 1.75. The zero-order valence-corrected chi connectivity index (χ0v) is 11.8. The fraction of sp³-hybridized carbons (Fsp3) is 0.467. The Morgan fingerprint density at radius 1 is 1.10 bits per heavy atom. The van der Waals surface area contributed by atoms with Crippen LogP contribution in [0.15, 0.2) is 30.5 Å². The Labute approximate surface area is 119 Å². The minimum Gasteiger partial charge on any atom is -0.383 e. The van der Waals surface area contributed by atoms with Gasteiger partial charge < -0.3 is 9.64 Å². The lowest BCUT2D eigenvalue weighted by molar-refractivity contribution is 0.144. The standard InChI is InChI=1S/C15H20N4O/c1-20-11-10-18-6-8-19(9-7-18)15-12-16-13-4-2-3-5-14(13)17-15/h2-5,12H,6-11H2,1H3. The molecule has 0 unspecified atom stereocenters. The number of benzene rings is 1. The van der Waals surface area contributed by atoms with E-state index in [1.54, 1.807) is 7.11 Å². The van der Waals surface area contributed by atoms with Gasteiger partial charge in [-0.15, -0.1) is 0 Å². The highest BCUT2D eigenvalue weighted by molar-refractivity contribution is 5.75. The molecular formula is C15H20N4O. The Morgan fingerprint density at radius 2 is 1.85 bits per heavy atom. The third-order valence-electron chi connectivity index (χ3n) is 3.74. The van der Waals surface area contributed by atoms with Gasteiger partial charge in [0.15, 0.2) is 0 Å². The van der Waals surface area contributed by atoms with Gasteiger partial charge in [0.05, 0.1) is 23.8 Å². The largest absolute Gasteiger partial charge is 0.383 e. The maximum Gasteiger partial charge on any atom is 0.147 e. The zero-order valence-electron chi connectivity index (χ0n) is 11.8. The average molecular weight is 272 g/mol. The number of ether oxygens (including phenoxy) is 1. The molecule has 1 aromatic carbocycles. The molecule has 0 atom stereocenters. The molecule has 0 bridgehead atoms. The van der Waals surface area contributed by atoms with E-state index in [0.29, 0.717) is 0 Å². The molecule has 5 nitrogen and oxygen atoms in total. The molecule has 1 aromatic heterocycles. The Balaban J connectivity index is 1.67. The highest BCUT2D eigenvalue weighted by Crippen LogP contribution is 2.16. The Bertz CT molecular complexity index is 567. The lowest BCUT2D eigenvalue weighted by Crippen LogP contribution is -2.47. The second-order valence-electron chi connectivity index (χ2n) is 5.04. The minimum atomic E-state index is 0.801. The third kappa shape index (κ3) is 2.89. The van der Waals surface area contributed by atoms with Crippen LogP contribution in [0.2, 0.25) is 0 Å². The summed E-state index contributed by atoms with van der Waals surface area (Å²) in [6, 6.07) is 8.00. The first-order chi connectivity index (χ1) is 9.86. The molecule has 1 aliphatic heterocycles. The number of rotatable bonds is 4.